The molecule has 1 aromatic carbocycles. The van der Waals surface area contributed by atoms with Crippen LogP contribution in [0.25, 0.3) is 0 Å². The van der Waals surface area contributed by atoms with Crippen LogP contribution in [0.1, 0.15) is 37.4 Å². The lowest BCUT2D eigenvalue weighted by Crippen LogP contribution is -2.29. The molecule has 0 atom stereocenters. The number of carbonyl (C=O) groups is 2. The second-order valence-electron chi connectivity index (χ2n) is 4.47. The molecule has 4 nitrogen and oxygen atoms in total. The number of benzene rings is 1. The molecule has 0 unspecified atom stereocenters. The van der Waals surface area contributed by atoms with Crippen molar-refractivity contribution in [2.75, 3.05) is 0 Å². The molecule has 0 spiro atoms. The largest absolute Gasteiger partial charge is 0.545 e. The van der Waals surface area contributed by atoms with Gasteiger partial charge in [0, 0.05) is 11.1 Å². The minimum Gasteiger partial charge on any atom is -0.545 e. The summed E-state index contributed by atoms with van der Waals surface area (Å²) in [5.41, 5.74) is 1.06. The quantitative estimate of drug-likeness (QED) is 0.655. The number of carbonyl (C=O) groups excluding carboxylic acids is 2. The van der Waals surface area contributed by atoms with Gasteiger partial charge in [-0.05, 0) is 42.0 Å². The highest BCUT2D eigenvalue weighted by molar-refractivity contribution is 5.95. The Hall–Kier alpha value is -2.62. The normalized spacial score (nSPS) is 9.90. The summed E-state index contributed by atoms with van der Waals surface area (Å²) in [7, 11) is 0. The molecule has 0 aliphatic carbocycles. The lowest BCUT2D eigenvalue weighted by Gasteiger charge is -2.22. The third-order valence-electron chi connectivity index (χ3n) is 3.12. The highest BCUT2D eigenvalue weighted by Crippen LogP contribution is 2.26. The molecule has 0 radical (unpaired) electrons. The number of allylic oxidation sites excluding steroid dienone is 3. The van der Waals surface area contributed by atoms with Gasteiger partial charge in [0.05, 0.1) is 11.9 Å². The Bertz CT molecular complexity index is 612. The van der Waals surface area contributed by atoms with Crippen LogP contribution in [-0.4, -0.2) is 11.9 Å². The van der Waals surface area contributed by atoms with E-state index in [1.54, 1.807) is 0 Å². The number of rotatable bonds is 8. The van der Waals surface area contributed by atoms with Crippen LogP contribution in [0, 0.1) is 0 Å². The van der Waals surface area contributed by atoms with Gasteiger partial charge in [-0.3, -0.25) is 0 Å². The third-order valence-corrected chi connectivity index (χ3v) is 3.12. The van der Waals surface area contributed by atoms with Crippen LogP contribution in [0.2, 0.25) is 0 Å². The van der Waals surface area contributed by atoms with Gasteiger partial charge >= 0.3 is 0 Å². The maximum absolute atomic E-state index is 11.5. The zero-order valence-electron chi connectivity index (χ0n) is 11.7. The second-order valence-corrected chi connectivity index (χ2v) is 4.47. The molecule has 0 aliphatic heterocycles. The first-order valence-corrected chi connectivity index (χ1v) is 6.40. The molecule has 0 aromatic heterocycles. The summed E-state index contributed by atoms with van der Waals surface area (Å²) < 4.78 is 0. The van der Waals surface area contributed by atoms with E-state index in [9.17, 15) is 19.8 Å². The number of aromatic carboxylic acids is 2. The molecule has 0 saturated heterocycles. The van der Waals surface area contributed by atoms with Crippen molar-refractivity contribution in [3.63, 3.8) is 0 Å². The van der Waals surface area contributed by atoms with Crippen molar-refractivity contribution in [2.45, 2.75) is 19.3 Å². The molecular formula is C17H16O4-2. The molecule has 0 bridgehead atoms. The zero-order chi connectivity index (χ0) is 16.0. The van der Waals surface area contributed by atoms with E-state index in [1.807, 2.05) is 0 Å². The fourth-order valence-electron chi connectivity index (χ4n) is 2.34. The molecule has 0 amide bonds. The minimum absolute atomic E-state index is 0.00310. The lowest BCUT2D eigenvalue weighted by molar-refractivity contribution is -0.256. The molecule has 110 valence electrons. The fourth-order valence-corrected chi connectivity index (χ4v) is 2.34. The predicted molar refractivity (Wildman–Crippen MR) is 76.8 cm³/mol. The molecule has 0 saturated carbocycles. The number of carboxylic acid groups (broad SMARTS) is 2. The van der Waals surface area contributed by atoms with Gasteiger partial charge in [0.2, 0.25) is 0 Å². The Morgan fingerprint density at radius 3 is 1.86 bits per heavy atom. The van der Waals surface area contributed by atoms with Gasteiger partial charge in [-0.25, -0.2) is 0 Å². The van der Waals surface area contributed by atoms with Gasteiger partial charge in [0.15, 0.2) is 0 Å². The maximum Gasteiger partial charge on any atom is 0.0721 e. The van der Waals surface area contributed by atoms with Gasteiger partial charge in [-0.2, -0.15) is 0 Å². The summed E-state index contributed by atoms with van der Waals surface area (Å²) >= 11 is 0. The Labute approximate surface area is 123 Å². The smallest absolute Gasteiger partial charge is 0.0721 e. The number of hydrogen-bond donors (Lipinski definition) is 0. The Balaban J connectivity index is 3.81. The van der Waals surface area contributed by atoms with Gasteiger partial charge < -0.3 is 19.8 Å². The molecule has 1 rings (SSSR count). The van der Waals surface area contributed by atoms with Gasteiger partial charge in [-0.1, -0.05) is 18.2 Å². The van der Waals surface area contributed by atoms with Crippen molar-refractivity contribution < 1.29 is 19.8 Å². The van der Waals surface area contributed by atoms with Crippen molar-refractivity contribution in [3.8, 4) is 0 Å². The van der Waals surface area contributed by atoms with E-state index in [1.165, 1.54) is 24.3 Å². The van der Waals surface area contributed by atoms with Crippen LogP contribution in [0.4, 0.5) is 0 Å². The summed E-state index contributed by atoms with van der Waals surface area (Å²) in [6.07, 6.45) is 5.21. The number of carboxylic acids is 2. The van der Waals surface area contributed by atoms with Crippen molar-refractivity contribution in [1.29, 1.82) is 0 Å². The predicted octanol–water partition coefficient (Wildman–Crippen LogP) is 0.599. The molecule has 0 fully saturated rings. The SMILES string of the molecule is C=CCc1cc(C(=O)[O-])c(CC=C)c(CC=C)c1C(=O)[O-]. The minimum atomic E-state index is -1.35. The van der Waals surface area contributed by atoms with Crippen molar-refractivity contribution >= 4 is 11.9 Å². The van der Waals surface area contributed by atoms with E-state index < -0.39 is 11.9 Å². The van der Waals surface area contributed by atoms with Crippen molar-refractivity contribution in [1.82, 2.24) is 0 Å². The van der Waals surface area contributed by atoms with Gasteiger partial charge in [0.25, 0.3) is 0 Å². The summed E-state index contributed by atoms with van der Waals surface area (Å²) in [6.45, 7) is 10.7. The lowest BCUT2D eigenvalue weighted by atomic mass is 9.87. The van der Waals surface area contributed by atoms with E-state index in [4.69, 9.17) is 0 Å². The molecular weight excluding hydrogens is 268 g/mol. The molecule has 0 heterocycles. The topological polar surface area (TPSA) is 80.3 Å². The summed E-state index contributed by atoms with van der Waals surface area (Å²) in [6, 6.07) is 1.31. The third kappa shape index (κ3) is 3.48. The van der Waals surface area contributed by atoms with Gasteiger partial charge in [-0.15, -0.1) is 19.7 Å². The second kappa shape index (κ2) is 7.24. The van der Waals surface area contributed by atoms with Crippen LogP contribution >= 0.6 is 0 Å². The monoisotopic (exact) mass is 284 g/mol. The van der Waals surface area contributed by atoms with Crippen LogP contribution in [-0.2, 0) is 19.3 Å². The summed E-state index contributed by atoms with van der Waals surface area (Å²) in [5.74, 6) is -2.70. The van der Waals surface area contributed by atoms with Crippen LogP contribution in [0.5, 0.6) is 0 Å². The Morgan fingerprint density at radius 1 is 0.905 bits per heavy atom. The standard InChI is InChI=1S/C17H18O4/c1-4-7-11-10-14(16(18)19)12(8-5-2)13(9-6-3)15(11)17(20)21/h4-6,10H,1-3,7-9H2,(H,18,19)(H,20,21)/p-2. The highest BCUT2D eigenvalue weighted by Gasteiger charge is 2.17. The van der Waals surface area contributed by atoms with E-state index in [0.29, 0.717) is 16.7 Å². The van der Waals surface area contributed by atoms with E-state index in [-0.39, 0.29) is 30.4 Å². The highest BCUT2D eigenvalue weighted by atomic mass is 16.4. The first kappa shape index (κ1) is 16.4. The zero-order valence-corrected chi connectivity index (χ0v) is 11.7. The van der Waals surface area contributed by atoms with Crippen molar-refractivity contribution in [2.24, 2.45) is 0 Å². The van der Waals surface area contributed by atoms with E-state index in [2.05, 4.69) is 19.7 Å². The summed E-state index contributed by atoms with van der Waals surface area (Å²) in [4.78, 5) is 22.8. The number of hydrogen-bond acceptors (Lipinski definition) is 4. The Kier molecular flexibility index (Phi) is 5.67. The van der Waals surface area contributed by atoms with Gasteiger partial charge in [0.1, 0.15) is 0 Å². The molecule has 4 heteroatoms. The molecule has 0 aliphatic rings. The van der Waals surface area contributed by atoms with E-state index >= 15 is 0 Å². The van der Waals surface area contributed by atoms with Crippen molar-refractivity contribution in [3.05, 3.63) is 71.8 Å². The average Bonchev–Trinajstić information content (AvgIpc) is 2.41. The molecule has 21 heavy (non-hydrogen) atoms. The van der Waals surface area contributed by atoms with Crippen LogP contribution in [0.15, 0.2) is 44.0 Å². The molecule has 0 N–H and O–H groups in total. The molecule has 1 aromatic rings. The average molecular weight is 284 g/mol. The van der Waals surface area contributed by atoms with Crippen LogP contribution < -0.4 is 10.2 Å². The van der Waals surface area contributed by atoms with E-state index in [0.717, 1.165) is 0 Å². The summed E-state index contributed by atoms with van der Waals surface area (Å²) in [5, 5.41) is 22.8. The van der Waals surface area contributed by atoms with Crippen LogP contribution in [0.3, 0.4) is 0 Å². The maximum atomic E-state index is 11.5. The fraction of sp³-hybridized carbons (Fsp3) is 0.176. The Morgan fingerprint density at radius 2 is 1.43 bits per heavy atom. The first-order valence-electron chi connectivity index (χ1n) is 6.40. The first-order chi connectivity index (χ1) is 9.97.